The summed E-state index contributed by atoms with van der Waals surface area (Å²) in [6.07, 6.45) is 0. The van der Waals surface area contributed by atoms with Crippen LogP contribution in [0.2, 0.25) is 20.1 Å². The molecule has 0 aromatic heterocycles. The van der Waals surface area contributed by atoms with Gasteiger partial charge in [-0.05, 0) is 29.8 Å². The Morgan fingerprint density at radius 3 is 2.39 bits per heavy atom. The van der Waals surface area contributed by atoms with E-state index in [4.69, 9.17) is 46.4 Å². The maximum Gasteiger partial charge on any atom is 0.0652 e. The van der Waals surface area contributed by atoms with E-state index in [2.05, 4.69) is 5.32 Å². The molecule has 5 heteroatoms. The highest BCUT2D eigenvalue weighted by Crippen LogP contribution is 2.28. The van der Waals surface area contributed by atoms with Crippen LogP contribution < -0.4 is 5.32 Å². The minimum absolute atomic E-state index is 0.540. The van der Waals surface area contributed by atoms with Gasteiger partial charge in [0.1, 0.15) is 0 Å². The van der Waals surface area contributed by atoms with Gasteiger partial charge >= 0.3 is 0 Å². The molecule has 0 aliphatic heterocycles. The molecule has 0 bridgehead atoms. The average molecular weight is 321 g/mol. The van der Waals surface area contributed by atoms with Gasteiger partial charge in [0.2, 0.25) is 0 Å². The van der Waals surface area contributed by atoms with Crippen LogP contribution in [0.25, 0.3) is 0 Å². The van der Waals surface area contributed by atoms with E-state index in [-0.39, 0.29) is 0 Å². The smallest absolute Gasteiger partial charge is 0.0652 e. The summed E-state index contributed by atoms with van der Waals surface area (Å²) in [7, 11) is 0. The van der Waals surface area contributed by atoms with E-state index >= 15 is 0 Å². The van der Waals surface area contributed by atoms with E-state index in [9.17, 15) is 0 Å². The molecule has 2 aromatic carbocycles. The third kappa shape index (κ3) is 3.24. The molecule has 1 nitrogen and oxygen atoms in total. The minimum atomic E-state index is 0.540. The zero-order valence-electron chi connectivity index (χ0n) is 9.18. The predicted octanol–water partition coefficient (Wildman–Crippen LogP) is 5.91. The second kappa shape index (κ2) is 6.03. The van der Waals surface area contributed by atoms with Crippen molar-refractivity contribution in [3.05, 3.63) is 62.1 Å². The second-order valence-corrected chi connectivity index (χ2v) is 5.32. The Morgan fingerprint density at radius 2 is 1.67 bits per heavy atom. The van der Waals surface area contributed by atoms with Crippen LogP contribution in [0.5, 0.6) is 0 Å². The summed E-state index contributed by atoms with van der Waals surface area (Å²) in [6, 6.07) is 10.8. The highest BCUT2D eigenvalue weighted by Gasteiger charge is 2.05. The van der Waals surface area contributed by atoms with Crippen LogP contribution in [0.4, 0.5) is 5.69 Å². The predicted molar refractivity (Wildman–Crippen MR) is 80.3 cm³/mol. The first kappa shape index (κ1) is 13.8. The van der Waals surface area contributed by atoms with E-state index in [1.54, 1.807) is 18.2 Å². The summed E-state index contributed by atoms with van der Waals surface area (Å²) in [5.74, 6) is 0. The van der Waals surface area contributed by atoms with Crippen molar-refractivity contribution >= 4 is 52.1 Å². The Bertz CT molecular complexity index is 569. The van der Waals surface area contributed by atoms with Crippen molar-refractivity contribution in [3.63, 3.8) is 0 Å². The standard InChI is InChI=1S/C13H9Cl4N/c14-9-4-5-12(11(16)6-9)18-7-8-2-1-3-10(15)13(8)17/h1-6,18H,7H2. The Hall–Kier alpha value is -0.600. The first-order chi connectivity index (χ1) is 8.58. The van der Waals surface area contributed by atoms with E-state index < -0.39 is 0 Å². The summed E-state index contributed by atoms with van der Waals surface area (Å²) in [5, 5.41) is 5.46. The van der Waals surface area contributed by atoms with Crippen LogP contribution in [0.15, 0.2) is 36.4 Å². The average Bonchev–Trinajstić information content (AvgIpc) is 2.33. The fourth-order valence-corrected chi connectivity index (χ4v) is 2.37. The lowest BCUT2D eigenvalue weighted by atomic mass is 10.2. The molecular formula is C13H9Cl4N. The molecular weight excluding hydrogens is 312 g/mol. The van der Waals surface area contributed by atoms with E-state index in [0.717, 1.165) is 11.3 Å². The van der Waals surface area contributed by atoms with Crippen LogP contribution in [0.1, 0.15) is 5.56 Å². The van der Waals surface area contributed by atoms with Crippen molar-refractivity contribution in [2.24, 2.45) is 0 Å². The van der Waals surface area contributed by atoms with Crippen molar-refractivity contribution in [1.82, 2.24) is 0 Å². The molecule has 0 atom stereocenters. The largest absolute Gasteiger partial charge is 0.380 e. The van der Waals surface area contributed by atoms with Crippen molar-refractivity contribution in [2.75, 3.05) is 5.32 Å². The molecule has 94 valence electrons. The lowest BCUT2D eigenvalue weighted by molar-refractivity contribution is 1.15. The van der Waals surface area contributed by atoms with Gasteiger partial charge in [0.15, 0.2) is 0 Å². The van der Waals surface area contributed by atoms with Gasteiger partial charge in [0.25, 0.3) is 0 Å². The lowest BCUT2D eigenvalue weighted by Crippen LogP contribution is -2.00. The first-order valence-corrected chi connectivity index (χ1v) is 6.71. The highest BCUT2D eigenvalue weighted by molar-refractivity contribution is 6.42. The Balaban J connectivity index is 2.14. The maximum absolute atomic E-state index is 6.10. The quantitative estimate of drug-likeness (QED) is 0.741. The monoisotopic (exact) mass is 319 g/mol. The Kier molecular flexibility index (Phi) is 4.63. The number of hydrogen-bond acceptors (Lipinski definition) is 1. The van der Waals surface area contributed by atoms with Crippen molar-refractivity contribution in [3.8, 4) is 0 Å². The van der Waals surface area contributed by atoms with Gasteiger partial charge in [-0.3, -0.25) is 0 Å². The van der Waals surface area contributed by atoms with Gasteiger partial charge in [-0.15, -0.1) is 0 Å². The topological polar surface area (TPSA) is 12.0 Å². The van der Waals surface area contributed by atoms with Crippen LogP contribution >= 0.6 is 46.4 Å². The fraction of sp³-hybridized carbons (Fsp3) is 0.0769. The SMILES string of the molecule is Clc1ccc(NCc2cccc(Cl)c2Cl)c(Cl)c1. The molecule has 0 fully saturated rings. The van der Waals surface area contributed by atoms with Crippen LogP contribution in [-0.4, -0.2) is 0 Å². The molecule has 0 saturated carbocycles. The minimum Gasteiger partial charge on any atom is -0.380 e. The first-order valence-electron chi connectivity index (χ1n) is 5.20. The molecule has 18 heavy (non-hydrogen) atoms. The fourth-order valence-electron chi connectivity index (χ4n) is 1.51. The van der Waals surface area contributed by atoms with Crippen LogP contribution in [0.3, 0.4) is 0 Å². The molecule has 0 radical (unpaired) electrons. The van der Waals surface area contributed by atoms with E-state index in [0.29, 0.717) is 26.6 Å². The third-order valence-electron chi connectivity index (χ3n) is 2.43. The number of halogens is 4. The molecule has 1 N–H and O–H groups in total. The summed E-state index contributed by atoms with van der Waals surface area (Å²) < 4.78 is 0. The molecule has 0 heterocycles. The number of nitrogens with one attached hydrogen (secondary N) is 1. The summed E-state index contributed by atoms with van der Waals surface area (Å²) in [5.41, 5.74) is 1.72. The van der Waals surface area contributed by atoms with Gasteiger partial charge in [-0.25, -0.2) is 0 Å². The van der Waals surface area contributed by atoms with Gasteiger partial charge in [-0.1, -0.05) is 58.5 Å². The van der Waals surface area contributed by atoms with E-state index in [1.807, 2.05) is 18.2 Å². The molecule has 2 aromatic rings. The van der Waals surface area contributed by atoms with Gasteiger partial charge in [0.05, 0.1) is 20.8 Å². The normalized spacial score (nSPS) is 10.4. The Morgan fingerprint density at radius 1 is 0.889 bits per heavy atom. The molecule has 0 aliphatic rings. The molecule has 0 amide bonds. The van der Waals surface area contributed by atoms with Crippen LogP contribution in [0, 0.1) is 0 Å². The molecule has 2 rings (SSSR count). The number of anilines is 1. The molecule has 0 spiro atoms. The van der Waals surface area contributed by atoms with Gasteiger partial charge in [0, 0.05) is 11.6 Å². The lowest BCUT2D eigenvalue weighted by Gasteiger charge is -2.10. The third-order valence-corrected chi connectivity index (χ3v) is 3.84. The van der Waals surface area contributed by atoms with Gasteiger partial charge in [-0.2, -0.15) is 0 Å². The maximum atomic E-state index is 6.10. The summed E-state index contributed by atoms with van der Waals surface area (Å²) in [4.78, 5) is 0. The number of benzene rings is 2. The summed E-state index contributed by atoms with van der Waals surface area (Å²) in [6.45, 7) is 0.542. The van der Waals surface area contributed by atoms with E-state index in [1.165, 1.54) is 0 Å². The van der Waals surface area contributed by atoms with Crippen LogP contribution in [-0.2, 0) is 6.54 Å². The number of hydrogen-bond donors (Lipinski definition) is 1. The molecule has 0 unspecified atom stereocenters. The second-order valence-electron chi connectivity index (χ2n) is 3.69. The zero-order valence-corrected chi connectivity index (χ0v) is 12.2. The highest BCUT2D eigenvalue weighted by atomic mass is 35.5. The van der Waals surface area contributed by atoms with Crippen molar-refractivity contribution in [1.29, 1.82) is 0 Å². The zero-order chi connectivity index (χ0) is 13.1. The molecule has 0 saturated heterocycles. The number of rotatable bonds is 3. The Labute approximate surface area is 126 Å². The van der Waals surface area contributed by atoms with Crippen molar-refractivity contribution in [2.45, 2.75) is 6.54 Å². The van der Waals surface area contributed by atoms with Crippen molar-refractivity contribution < 1.29 is 0 Å². The molecule has 0 aliphatic carbocycles. The summed E-state index contributed by atoms with van der Waals surface area (Å²) >= 11 is 23.9. The van der Waals surface area contributed by atoms with Gasteiger partial charge < -0.3 is 5.32 Å².